The largest absolute Gasteiger partial charge is 0.366 e. The van der Waals surface area contributed by atoms with E-state index in [1.165, 1.54) is 0 Å². The van der Waals surface area contributed by atoms with Crippen molar-refractivity contribution in [3.05, 3.63) is 24.3 Å². The molecule has 0 amide bonds. The van der Waals surface area contributed by atoms with E-state index in [1.54, 1.807) is 0 Å². The van der Waals surface area contributed by atoms with Crippen molar-refractivity contribution in [2.24, 2.45) is 0 Å². The molecule has 0 N–H and O–H groups in total. The normalized spacial score (nSPS) is 38.8. The molecule has 0 aliphatic carbocycles. The highest BCUT2D eigenvalue weighted by Gasteiger charge is 2.39. The summed E-state index contributed by atoms with van der Waals surface area (Å²) in [6.45, 7) is 8.95. The van der Waals surface area contributed by atoms with E-state index in [1.807, 2.05) is 0 Å². The second-order valence-corrected chi connectivity index (χ2v) is 2.78. The molecule has 2 aliphatic rings. The first-order valence-corrected chi connectivity index (χ1v) is 3.37. The molecule has 2 nitrogen and oxygen atoms in total. The molecule has 2 heterocycles. The molecule has 0 aromatic heterocycles. The molecule has 2 saturated heterocycles. The topological polar surface area (TPSA) is 18.5 Å². The predicted molar refractivity (Wildman–Crippen MR) is 37.8 cm³/mol. The quantitative estimate of drug-likeness (QED) is 0.463. The Morgan fingerprint density at radius 3 is 1.80 bits per heavy atom. The van der Waals surface area contributed by atoms with Crippen LogP contribution >= 0.6 is 0 Å². The van der Waals surface area contributed by atoms with Gasteiger partial charge in [-0.1, -0.05) is 13.2 Å². The van der Waals surface area contributed by atoms with Crippen LogP contribution in [0.15, 0.2) is 24.3 Å². The van der Waals surface area contributed by atoms with Gasteiger partial charge in [-0.3, -0.25) is 0 Å². The molecule has 0 saturated carbocycles. The van der Waals surface area contributed by atoms with Crippen LogP contribution in [0, 0.1) is 0 Å². The molecule has 0 bridgehead atoms. The van der Waals surface area contributed by atoms with Crippen molar-refractivity contribution in [3.8, 4) is 0 Å². The smallest absolute Gasteiger partial charge is 0.111 e. The minimum atomic E-state index is 0.104. The highest BCUT2D eigenvalue weighted by molar-refractivity contribution is 5.24. The maximum Gasteiger partial charge on any atom is 0.111 e. The van der Waals surface area contributed by atoms with Gasteiger partial charge in [0, 0.05) is 0 Å². The van der Waals surface area contributed by atoms with Crippen molar-refractivity contribution < 1.29 is 9.47 Å². The minimum Gasteiger partial charge on any atom is -0.366 e. The van der Waals surface area contributed by atoms with E-state index in [4.69, 9.17) is 9.47 Å². The Morgan fingerprint density at radius 1 is 1.00 bits per heavy atom. The van der Waals surface area contributed by atoms with E-state index in [0.717, 1.165) is 11.1 Å². The first kappa shape index (κ1) is 6.13. The maximum atomic E-state index is 5.38. The zero-order valence-corrected chi connectivity index (χ0v) is 5.80. The molecule has 54 valence electrons. The number of fused-ring (bicyclic) bond motifs is 1. The summed E-state index contributed by atoms with van der Waals surface area (Å²) in [5.74, 6) is 0. The van der Waals surface area contributed by atoms with Gasteiger partial charge in [0.1, 0.15) is 12.2 Å². The Kier molecular flexibility index (Phi) is 1.19. The van der Waals surface area contributed by atoms with E-state index in [2.05, 4.69) is 13.2 Å². The summed E-state index contributed by atoms with van der Waals surface area (Å²) in [7, 11) is 0. The number of hydrogen-bond donors (Lipinski definition) is 0. The summed E-state index contributed by atoms with van der Waals surface area (Å²) >= 11 is 0. The van der Waals surface area contributed by atoms with E-state index in [0.29, 0.717) is 13.2 Å². The van der Waals surface area contributed by atoms with Crippen molar-refractivity contribution in [2.75, 3.05) is 13.2 Å². The van der Waals surface area contributed by atoms with Gasteiger partial charge >= 0.3 is 0 Å². The molecule has 0 spiro atoms. The minimum absolute atomic E-state index is 0.104. The summed E-state index contributed by atoms with van der Waals surface area (Å²) in [4.78, 5) is 0. The molecule has 0 aromatic rings. The van der Waals surface area contributed by atoms with Gasteiger partial charge in [0.2, 0.25) is 0 Å². The molecule has 2 atom stereocenters. The van der Waals surface area contributed by atoms with Crippen LogP contribution in [-0.4, -0.2) is 25.4 Å². The lowest BCUT2D eigenvalue weighted by Gasteiger charge is -2.05. The van der Waals surface area contributed by atoms with Gasteiger partial charge < -0.3 is 9.47 Å². The van der Waals surface area contributed by atoms with E-state index in [-0.39, 0.29) is 12.2 Å². The van der Waals surface area contributed by atoms with Crippen LogP contribution in [0.3, 0.4) is 0 Å². The number of hydrogen-bond acceptors (Lipinski definition) is 2. The van der Waals surface area contributed by atoms with Crippen LogP contribution in [0.1, 0.15) is 0 Å². The van der Waals surface area contributed by atoms with Crippen molar-refractivity contribution >= 4 is 0 Å². The van der Waals surface area contributed by atoms with Crippen LogP contribution in [0.25, 0.3) is 0 Å². The van der Waals surface area contributed by atoms with Crippen LogP contribution in [-0.2, 0) is 9.47 Å². The first-order valence-electron chi connectivity index (χ1n) is 3.37. The number of rotatable bonds is 0. The third-order valence-electron chi connectivity index (χ3n) is 1.98. The maximum absolute atomic E-state index is 5.38. The van der Waals surface area contributed by atoms with Crippen molar-refractivity contribution in [3.63, 3.8) is 0 Å². The molecule has 10 heavy (non-hydrogen) atoms. The van der Waals surface area contributed by atoms with Crippen molar-refractivity contribution in [1.29, 1.82) is 0 Å². The summed E-state index contributed by atoms with van der Waals surface area (Å²) in [6, 6.07) is 0. The molecule has 2 aliphatic heterocycles. The average Bonchev–Trinajstić information content (AvgIpc) is 2.41. The Morgan fingerprint density at radius 2 is 1.40 bits per heavy atom. The van der Waals surface area contributed by atoms with Crippen molar-refractivity contribution in [1.82, 2.24) is 0 Å². The monoisotopic (exact) mass is 138 g/mol. The van der Waals surface area contributed by atoms with Gasteiger partial charge in [-0.2, -0.15) is 0 Å². The average molecular weight is 138 g/mol. The predicted octanol–water partition coefficient (Wildman–Crippen LogP) is 0.896. The molecular formula is C8H10O2. The molecule has 2 rings (SSSR count). The van der Waals surface area contributed by atoms with Crippen LogP contribution in [0.5, 0.6) is 0 Å². The Hall–Kier alpha value is -0.600. The fraction of sp³-hybridized carbons (Fsp3) is 0.500. The fourth-order valence-corrected chi connectivity index (χ4v) is 1.40. The Bertz CT molecular complexity index is 173. The third kappa shape index (κ3) is 0.662. The van der Waals surface area contributed by atoms with Gasteiger partial charge in [0.15, 0.2) is 0 Å². The Balaban J connectivity index is 2.24. The van der Waals surface area contributed by atoms with Gasteiger partial charge in [-0.15, -0.1) is 0 Å². The first-order chi connectivity index (χ1) is 4.79. The van der Waals surface area contributed by atoms with Gasteiger partial charge in [0.25, 0.3) is 0 Å². The molecular weight excluding hydrogens is 128 g/mol. The summed E-state index contributed by atoms with van der Waals surface area (Å²) in [5.41, 5.74) is 2.09. The van der Waals surface area contributed by atoms with Crippen LogP contribution in [0.4, 0.5) is 0 Å². The molecule has 2 fully saturated rings. The Labute approximate surface area is 60.1 Å². The van der Waals surface area contributed by atoms with Gasteiger partial charge in [0.05, 0.1) is 13.2 Å². The van der Waals surface area contributed by atoms with Crippen LogP contribution in [0.2, 0.25) is 0 Å². The molecule has 2 heteroatoms. The van der Waals surface area contributed by atoms with Crippen molar-refractivity contribution in [2.45, 2.75) is 12.2 Å². The zero-order chi connectivity index (χ0) is 7.14. The fourth-order valence-electron chi connectivity index (χ4n) is 1.40. The van der Waals surface area contributed by atoms with E-state index in [9.17, 15) is 0 Å². The summed E-state index contributed by atoms with van der Waals surface area (Å²) < 4.78 is 10.8. The van der Waals surface area contributed by atoms with Gasteiger partial charge in [-0.25, -0.2) is 0 Å². The van der Waals surface area contributed by atoms with Crippen LogP contribution < -0.4 is 0 Å². The molecule has 0 radical (unpaired) electrons. The highest BCUT2D eigenvalue weighted by Crippen LogP contribution is 2.31. The standard InChI is InChI=1S/C8H10O2/c1-5-3-9-8-6(2)4-10-7(5)8/h7-8H,1-4H2. The lowest BCUT2D eigenvalue weighted by atomic mass is 10.1. The zero-order valence-electron chi connectivity index (χ0n) is 5.80. The lowest BCUT2D eigenvalue weighted by molar-refractivity contribution is 0.0819. The van der Waals surface area contributed by atoms with E-state index < -0.39 is 0 Å². The SMILES string of the molecule is C=C1COC2C(=C)COC12. The van der Waals surface area contributed by atoms with Gasteiger partial charge in [-0.05, 0) is 11.1 Å². The highest BCUT2D eigenvalue weighted by atomic mass is 16.6. The second-order valence-electron chi connectivity index (χ2n) is 2.78. The summed E-state index contributed by atoms with van der Waals surface area (Å²) in [5, 5.41) is 0. The number of ether oxygens (including phenoxy) is 2. The second kappa shape index (κ2) is 1.94. The summed E-state index contributed by atoms with van der Waals surface area (Å²) in [6.07, 6.45) is 0.208. The molecule has 2 unspecified atom stereocenters. The third-order valence-corrected chi connectivity index (χ3v) is 1.98. The molecule has 0 aromatic carbocycles. The van der Waals surface area contributed by atoms with E-state index >= 15 is 0 Å². The lowest BCUT2D eigenvalue weighted by Crippen LogP contribution is -2.16.